The number of fused-ring (bicyclic) bond motifs is 1. The molecule has 7 heteroatoms. The van der Waals surface area contributed by atoms with Gasteiger partial charge < -0.3 is 15.2 Å². The van der Waals surface area contributed by atoms with Gasteiger partial charge in [0, 0.05) is 43.4 Å². The third-order valence-electron chi connectivity index (χ3n) is 6.30. The monoisotopic (exact) mass is 477 g/mol. The molecule has 1 fully saturated rings. The number of nitrogens with two attached hydrogens (primary N) is 1. The van der Waals surface area contributed by atoms with Crippen molar-refractivity contribution in [1.82, 2.24) is 9.97 Å². The molecule has 0 bridgehead atoms. The van der Waals surface area contributed by atoms with E-state index in [4.69, 9.17) is 20.2 Å². The molecule has 176 valence electrons. The van der Waals surface area contributed by atoms with Gasteiger partial charge in [0.1, 0.15) is 5.75 Å². The van der Waals surface area contributed by atoms with Crippen LogP contribution in [0.2, 0.25) is 0 Å². The van der Waals surface area contributed by atoms with Crippen molar-refractivity contribution < 1.29 is 13.9 Å². The van der Waals surface area contributed by atoms with Crippen LogP contribution in [-0.4, -0.2) is 23.2 Å². The highest BCUT2D eigenvalue weighted by Gasteiger charge is 2.14. The summed E-state index contributed by atoms with van der Waals surface area (Å²) in [5, 5.41) is 0. The average molecular weight is 478 g/mol. The number of pyridine rings is 2. The Morgan fingerprint density at radius 3 is 2.71 bits per heavy atom. The Kier molecular flexibility index (Phi) is 7.02. The Hall–Kier alpha value is -3.03. The zero-order chi connectivity index (χ0) is 23.3. The molecule has 0 unspecified atom stereocenters. The van der Waals surface area contributed by atoms with Crippen molar-refractivity contribution in [3.8, 4) is 22.1 Å². The van der Waals surface area contributed by atoms with Gasteiger partial charge in [-0.15, -0.1) is 11.3 Å². The number of hydrogen-bond donors (Lipinski definition) is 1. The van der Waals surface area contributed by atoms with Crippen LogP contribution in [0.1, 0.15) is 37.7 Å². The Morgan fingerprint density at radius 2 is 1.91 bits per heavy atom. The molecule has 1 aromatic carbocycles. The number of aromatic nitrogens is 2. The molecule has 1 aliphatic rings. The maximum Gasteiger partial charge on any atom is 0.167 e. The van der Waals surface area contributed by atoms with Crippen molar-refractivity contribution in [1.29, 1.82) is 0 Å². The summed E-state index contributed by atoms with van der Waals surface area (Å²) in [4.78, 5) is 10.2. The Bertz CT molecular complexity index is 1250. The molecule has 5 nitrogen and oxygen atoms in total. The number of nitrogens with zero attached hydrogens (tertiary/aromatic N) is 2. The van der Waals surface area contributed by atoms with E-state index in [1.54, 1.807) is 29.7 Å². The lowest BCUT2D eigenvalue weighted by Gasteiger charge is -2.21. The van der Waals surface area contributed by atoms with Gasteiger partial charge in [-0.3, -0.25) is 9.97 Å². The minimum atomic E-state index is -0.494. The SMILES string of the molecule is Nc1ccc(Oc2ccnc3cc(-c4ccc(CCCCC5CCOCC5)cn4)sc23)c(F)c1. The number of aryl methyl sites for hydroxylation is 1. The van der Waals surface area contributed by atoms with Crippen molar-refractivity contribution in [2.24, 2.45) is 5.92 Å². The molecule has 5 rings (SSSR count). The molecule has 0 saturated carbocycles. The zero-order valence-electron chi connectivity index (χ0n) is 19.0. The van der Waals surface area contributed by atoms with Crippen molar-refractivity contribution in [2.45, 2.75) is 38.5 Å². The summed E-state index contributed by atoms with van der Waals surface area (Å²) in [6.07, 6.45) is 10.9. The first-order valence-electron chi connectivity index (χ1n) is 11.8. The van der Waals surface area contributed by atoms with E-state index in [9.17, 15) is 4.39 Å². The van der Waals surface area contributed by atoms with E-state index in [-0.39, 0.29) is 5.75 Å². The summed E-state index contributed by atoms with van der Waals surface area (Å²) in [6, 6.07) is 12.4. The fourth-order valence-electron chi connectivity index (χ4n) is 4.36. The van der Waals surface area contributed by atoms with Gasteiger partial charge in [0.15, 0.2) is 11.6 Å². The summed E-state index contributed by atoms with van der Waals surface area (Å²) >= 11 is 1.54. The van der Waals surface area contributed by atoms with Crippen molar-refractivity contribution >= 4 is 27.2 Å². The van der Waals surface area contributed by atoms with Crippen LogP contribution in [-0.2, 0) is 11.2 Å². The van der Waals surface area contributed by atoms with Crippen molar-refractivity contribution in [3.05, 3.63) is 66.2 Å². The van der Waals surface area contributed by atoms with Crippen LogP contribution < -0.4 is 10.5 Å². The molecule has 34 heavy (non-hydrogen) atoms. The lowest BCUT2D eigenvalue weighted by Crippen LogP contribution is -2.15. The van der Waals surface area contributed by atoms with E-state index in [0.29, 0.717) is 11.4 Å². The second-order valence-electron chi connectivity index (χ2n) is 8.78. The number of nitrogen functional groups attached to an aromatic ring is 1. The molecular weight excluding hydrogens is 449 g/mol. The summed E-state index contributed by atoms with van der Waals surface area (Å²) in [6.45, 7) is 1.85. The number of hydrogen-bond acceptors (Lipinski definition) is 6. The molecule has 0 aliphatic carbocycles. The van der Waals surface area contributed by atoms with E-state index in [1.165, 1.54) is 49.8 Å². The fraction of sp³-hybridized carbons (Fsp3) is 0.333. The molecule has 0 atom stereocenters. The number of anilines is 1. The summed E-state index contributed by atoms with van der Waals surface area (Å²) in [5.74, 6) is 1.04. The van der Waals surface area contributed by atoms with E-state index in [0.717, 1.165) is 46.3 Å². The Labute approximate surface area is 202 Å². The average Bonchev–Trinajstić information content (AvgIpc) is 3.30. The first kappa shape index (κ1) is 22.7. The third kappa shape index (κ3) is 5.37. The van der Waals surface area contributed by atoms with Gasteiger partial charge in [0.25, 0.3) is 0 Å². The topological polar surface area (TPSA) is 70.3 Å². The van der Waals surface area contributed by atoms with E-state index in [2.05, 4.69) is 17.1 Å². The lowest BCUT2D eigenvalue weighted by atomic mass is 9.93. The molecule has 4 heterocycles. The first-order valence-corrected chi connectivity index (χ1v) is 12.6. The van der Waals surface area contributed by atoms with Gasteiger partial charge >= 0.3 is 0 Å². The first-order chi connectivity index (χ1) is 16.7. The molecule has 0 radical (unpaired) electrons. The minimum Gasteiger partial charge on any atom is -0.453 e. The number of unbranched alkanes of at least 4 members (excludes halogenated alkanes) is 1. The highest BCUT2D eigenvalue weighted by Crippen LogP contribution is 2.39. The Morgan fingerprint density at radius 1 is 1.03 bits per heavy atom. The van der Waals surface area contributed by atoms with Crippen molar-refractivity contribution in [2.75, 3.05) is 18.9 Å². The van der Waals surface area contributed by atoms with E-state index in [1.807, 2.05) is 12.3 Å². The maximum atomic E-state index is 14.2. The van der Waals surface area contributed by atoms with Gasteiger partial charge in [-0.05, 0) is 61.4 Å². The second kappa shape index (κ2) is 10.5. The third-order valence-corrected chi connectivity index (χ3v) is 7.46. The van der Waals surface area contributed by atoms with Crippen LogP contribution in [0.25, 0.3) is 20.8 Å². The van der Waals surface area contributed by atoms with Gasteiger partial charge in [-0.25, -0.2) is 4.39 Å². The molecular formula is C27H28FN3O2S. The van der Waals surface area contributed by atoms with Gasteiger partial charge in [0.2, 0.25) is 0 Å². The highest BCUT2D eigenvalue weighted by atomic mass is 32.1. The number of thiophene rings is 1. The van der Waals surface area contributed by atoms with Crippen LogP contribution in [0.4, 0.5) is 10.1 Å². The standard InChI is InChI=1S/C27H28FN3O2S/c28-21-15-20(29)6-8-24(21)33-25-9-12-30-23-16-26(34-27(23)25)22-7-5-19(17-31-22)4-2-1-3-18-10-13-32-14-11-18/h5-9,12,15-18H,1-4,10-11,13-14,29H2. The summed E-state index contributed by atoms with van der Waals surface area (Å²) in [7, 11) is 0. The summed E-state index contributed by atoms with van der Waals surface area (Å²) in [5.41, 5.74) is 8.96. The molecule has 3 aromatic heterocycles. The van der Waals surface area contributed by atoms with Crippen LogP contribution in [0.5, 0.6) is 11.5 Å². The zero-order valence-corrected chi connectivity index (χ0v) is 19.8. The number of halogens is 1. The predicted molar refractivity (Wildman–Crippen MR) is 135 cm³/mol. The number of benzene rings is 1. The van der Waals surface area contributed by atoms with E-state index < -0.39 is 5.82 Å². The van der Waals surface area contributed by atoms with Crippen LogP contribution in [0, 0.1) is 11.7 Å². The minimum absolute atomic E-state index is 0.135. The molecule has 1 saturated heterocycles. The normalized spacial score (nSPS) is 14.5. The predicted octanol–water partition coefficient (Wildman–Crippen LogP) is 7.01. The molecule has 0 amide bonds. The van der Waals surface area contributed by atoms with Crippen LogP contribution in [0.15, 0.2) is 54.9 Å². The molecule has 0 spiro atoms. The quantitative estimate of drug-likeness (QED) is 0.218. The molecule has 2 N–H and O–H groups in total. The number of ether oxygens (including phenoxy) is 2. The largest absolute Gasteiger partial charge is 0.453 e. The van der Waals surface area contributed by atoms with Gasteiger partial charge in [0.05, 0.1) is 20.8 Å². The van der Waals surface area contributed by atoms with Gasteiger partial charge in [-0.1, -0.05) is 18.9 Å². The van der Waals surface area contributed by atoms with Crippen LogP contribution in [0.3, 0.4) is 0 Å². The number of rotatable bonds is 8. The highest BCUT2D eigenvalue weighted by molar-refractivity contribution is 7.22. The fourth-order valence-corrected chi connectivity index (χ4v) is 5.40. The van der Waals surface area contributed by atoms with Crippen molar-refractivity contribution in [3.63, 3.8) is 0 Å². The molecule has 1 aliphatic heterocycles. The van der Waals surface area contributed by atoms with Crippen LogP contribution >= 0.6 is 11.3 Å². The van der Waals surface area contributed by atoms with E-state index >= 15 is 0 Å². The molecule has 4 aromatic rings. The summed E-state index contributed by atoms with van der Waals surface area (Å²) < 4.78 is 26.4. The smallest absolute Gasteiger partial charge is 0.167 e. The maximum absolute atomic E-state index is 14.2. The van der Waals surface area contributed by atoms with Gasteiger partial charge in [-0.2, -0.15) is 0 Å². The lowest BCUT2D eigenvalue weighted by molar-refractivity contribution is 0.0632. The Balaban J connectivity index is 1.24. The second-order valence-corrected chi connectivity index (χ2v) is 9.83.